The molecule has 0 radical (unpaired) electrons. The first kappa shape index (κ1) is 11.2. The molecule has 5 unspecified atom stereocenters. The van der Waals surface area contributed by atoms with Crippen LogP contribution in [0.4, 0.5) is 10.6 Å². The number of anilines is 1. The van der Waals surface area contributed by atoms with Gasteiger partial charge in [0.05, 0.1) is 11.8 Å². The molecule has 4 aliphatic rings. The van der Waals surface area contributed by atoms with Gasteiger partial charge in [0.2, 0.25) is 0 Å². The van der Waals surface area contributed by atoms with Crippen molar-refractivity contribution < 1.29 is 9.00 Å². The first-order valence-electron chi connectivity index (χ1n) is 7.06. The van der Waals surface area contributed by atoms with Gasteiger partial charge in [0.1, 0.15) is 23.1 Å². The number of carbonyl (C=O) groups excluding carboxylic acids is 1. The maximum atomic E-state index is 12.8. The molecule has 6 bridgehead atoms. The second kappa shape index (κ2) is 3.58. The predicted molar refractivity (Wildman–Crippen MR) is 72.0 cm³/mol. The summed E-state index contributed by atoms with van der Waals surface area (Å²) in [6.07, 6.45) is 6.45. The molecule has 0 N–H and O–H groups in total. The molecular weight excluding hydrogens is 276 g/mol. The largest absolute Gasteiger partial charge is 0.338 e. The summed E-state index contributed by atoms with van der Waals surface area (Å²) < 4.78 is 14.4. The Bertz CT molecular complexity index is 651. The number of aromatic nitrogens is 2. The minimum absolute atomic E-state index is 0.132. The van der Waals surface area contributed by atoms with Crippen molar-refractivity contribution in [3.8, 4) is 0 Å². The lowest BCUT2D eigenvalue weighted by molar-refractivity contribution is 0.221. The van der Waals surface area contributed by atoms with Gasteiger partial charge in [-0.3, -0.25) is 4.90 Å². The standard InChI is InChI=1S/C13H14N4O2S/c18-13-16-5-8-4-14-6-15-12(8)17(13)10-3-7-1-2-9(10)11(7)20(16)19/h4,6-7,9-11H,1-3,5H2. The molecule has 2 aliphatic heterocycles. The number of fused-ring (bicyclic) bond motifs is 5. The van der Waals surface area contributed by atoms with Crippen molar-refractivity contribution in [2.45, 2.75) is 37.1 Å². The quantitative estimate of drug-likeness (QED) is 0.716. The van der Waals surface area contributed by atoms with E-state index < -0.39 is 11.0 Å². The van der Waals surface area contributed by atoms with Crippen molar-refractivity contribution in [1.82, 2.24) is 14.3 Å². The molecular formula is C13H14N4O2S. The second-order valence-electron chi connectivity index (χ2n) is 6.11. The summed E-state index contributed by atoms with van der Waals surface area (Å²) in [5, 5.41) is 0.163. The molecule has 1 aromatic heterocycles. The Balaban J connectivity index is 1.74. The molecule has 7 heteroatoms. The van der Waals surface area contributed by atoms with E-state index in [0.717, 1.165) is 30.6 Å². The molecule has 0 spiro atoms. The van der Waals surface area contributed by atoms with Gasteiger partial charge in [0.15, 0.2) is 0 Å². The van der Waals surface area contributed by atoms with Crippen molar-refractivity contribution in [3.63, 3.8) is 0 Å². The molecule has 5 atom stereocenters. The highest BCUT2D eigenvalue weighted by Gasteiger charge is 2.59. The Morgan fingerprint density at radius 3 is 3.15 bits per heavy atom. The van der Waals surface area contributed by atoms with E-state index in [-0.39, 0.29) is 17.3 Å². The number of hydrogen-bond donors (Lipinski definition) is 0. The summed E-state index contributed by atoms with van der Waals surface area (Å²) in [7, 11) is -1.21. The first-order valence-corrected chi connectivity index (χ1v) is 8.23. The predicted octanol–water partition coefficient (Wildman–Crippen LogP) is 1.06. The summed E-state index contributed by atoms with van der Waals surface area (Å²) in [5.74, 6) is 1.61. The lowest BCUT2D eigenvalue weighted by Crippen LogP contribution is -2.52. The molecule has 20 heavy (non-hydrogen) atoms. The Morgan fingerprint density at radius 2 is 2.25 bits per heavy atom. The highest BCUT2D eigenvalue weighted by molar-refractivity contribution is 7.84. The van der Waals surface area contributed by atoms with E-state index >= 15 is 0 Å². The number of hydrogen-bond acceptors (Lipinski definition) is 4. The summed E-state index contributed by atoms with van der Waals surface area (Å²) >= 11 is 0. The zero-order chi connectivity index (χ0) is 13.4. The summed E-state index contributed by atoms with van der Waals surface area (Å²) in [5.41, 5.74) is 0.906. The minimum Gasteiger partial charge on any atom is -0.274 e. The van der Waals surface area contributed by atoms with Crippen LogP contribution in [0, 0.1) is 11.8 Å². The van der Waals surface area contributed by atoms with E-state index in [2.05, 4.69) is 9.97 Å². The van der Waals surface area contributed by atoms with Gasteiger partial charge in [-0.15, -0.1) is 0 Å². The maximum Gasteiger partial charge on any atom is 0.338 e. The van der Waals surface area contributed by atoms with Crippen LogP contribution in [0.5, 0.6) is 0 Å². The summed E-state index contributed by atoms with van der Waals surface area (Å²) in [6, 6.07) is 0.0431. The molecule has 0 aromatic carbocycles. The van der Waals surface area contributed by atoms with Gasteiger partial charge in [-0.25, -0.2) is 23.3 Å². The molecule has 1 aromatic rings. The molecule has 2 amide bonds. The van der Waals surface area contributed by atoms with E-state index in [4.69, 9.17) is 0 Å². The van der Waals surface area contributed by atoms with Crippen LogP contribution < -0.4 is 4.90 Å². The molecule has 2 aliphatic carbocycles. The average Bonchev–Trinajstić information content (AvgIpc) is 3.02. The molecule has 2 saturated carbocycles. The number of urea groups is 1. The van der Waals surface area contributed by atoms with Crippen LogP contribution in [-0.2, 0) is 17.5 Å². The number of carbonyl (C=O) groups is 1. The molecule has 6 nitrogen and oxygen atoms in total. The van der Waals surface area contributed by atoms with Crippen LogP contribution in [0.2, 0.25) is 0 Å². The average molecular weight is 290 g/mol. The van der Waals surface area contributed by atoms with E-state index in [0.29, 0.717) is 18.4 Å². The van der Waals surface area contributed by atoms with Gasteiger partial charge in [0.25, 0.3) is 0 Å². The van der Waals surface area contributed by atoms with Crippen molar-refractivity contribution in [3.05, 3.63) is 18.1 Å². The Hall–Kier alpha value is -1.50. The third kappa shape index (κ3) is 1.16. The Kier molecular flexibility index (Phi) is 2.00. The monoisotopic (exact) mass is 290 g/mol. The topological polar surface area (TPSA) is 66.4 Å². The number of amides is 2. The second-order valence-corrected chi connectivity index (χ2v) is 7.64. The number of nitrogens with zero attached hydrogens (tertiary/aromatic N) is 4. The fourth-order valence-electron chi connectivity index (χ4n) is 4.54. The van der Waals surface area contributed by atoms with Crippen molar-refractivity contribution in [2.75, 3.05) is 4.90 Å². The van der Waals surface area contributed by atoms with Crippen LogP contribution in [0.25, 0.3) is 0 Å². The molecule has 3 heterocycles. The SMILES string of the molecule is O=C1N2c3ncncc3CN1S(=O)C1C3CCC1C2C3. The van der Waals surface area contributed by atoms with E-state index in [9.17, 15) is 9.00 Å². The fourth-order valence-corrected chi connectivity index (χ4v) is 6.54. The fraction of sp³-hybridized carbons (Fsp3) is 0.615. The normalized spacial score (nSPS) is 40.8. The van der Waals surface area contributed by atoms with Gasteiger partial charge < -0.3 is 0 Å². The third-order valence-corrected chi connectivity index (χ3v) is 7.22. The van der Waals surface area contributed by atoms with Crippen LogP contribution in [-0.4, -0.2) is 35.8 Å². The van der Waals surface area contributed by atoms with E-state index in [1.54, 1.807) is 6.20 Å². The van der Waals surface area contributed by atoms with Crippen molar-refractivity contribution in [1.29, 1.82) is 0 Å². The van der Waals surface area contributed by atoms with Gasteiger partial charge in [-0.2, -0.15) is 0 Å². The van der Waals surface area contributed by atoms with Gasteiger partial charge in [-0.05, 0) is 31.1 Å². The zero-order valence-electron chi connectivity index (χ0n) is 10.8. The lowest BCUT2D eigenvalue weighted by Gasteiger charge is -2.39. The minimum atomic E-state index is -1.21. The van der Waals surface area contributed by atoms with Crippen LogP contribution in [0.1, 0.15) is 24.8 Å². The molecule has 1 saturated heterocycles. The van der Waals surface area contributed by atoms with Crippen molar-refractivity contribution in [2.24, 2.45) is 11.8 Å². The van der Waals surface area contributed by atoms with Crippen molar-refractivity contribution >= 4 is 22.8 Å². The highest BCUT2D eigenvalue weighted by Crippen LogP contribution is 2.53. The lowest BCUT2D eigenvalue weighted by atomic mass is 9.93. The van der Waals surface area contributed by atoms with Crippen LogP contribution in [0.3, 0.4) is 0 Å². The Morgan fingerprint density at radius 1 is 1.35 bits per heavy atom. The van der Waals surface area contributed by atoms with E-state index in [1.807, 2.05) is 4.90 Å². The van der Waals surface area contributed by atoms with Crippen LogP contribution >= 0.6 is 0 Å². The molecule has 5 rings (SSSR count). The third-order valence-electron chi connectivity index (χ3n) is 5.30. The first-order chi connectivity index (χ1) is 9.75. The van der Waals surface area contributed by atoms with Gasteiger partial charge >= 0.3 is 6.03 Å². The van der Waals surface area contributed by atoms with E-state index in [1.165, 1.54) is 10.6 Å². The smallest absolute Gasteiger partial charge is 0.274 e. The highest BCUT2D eigenvalue weighted by atomic mass is 32.2. The molecule has 3 fully saturated rings. The Labute approximate surface area is 118 Å². The molecule has 104 valence electrons. The van der Waals surface area contributed by atoms with Gasteiger partial charge in [-0.1, -0.05) is 0 Å². The maximum absolute atomic E-state index is 12.8. The zero-order valence-corrected chi connectivity index (χ0v) is 11.6. The summed E-state index contributed by atoms with van der Waals surface area (Å²) in [6.45, 7) is 0.376. The summed E-state index contributed by atoms with van der Waals surface area (Å²) in [4.78, 5) is 22.8. The number of rotatable bonds is 0. The van der Waals surface area contributed by atoms with Gasteiger partial charge in [0, 0.05) is 17.8 Å². The van der Waals surface area contributed by atoms with Crippen LogP contribution in [0.15, 0.2) is 12.5 Å².